The summed E-state index contributed by atoms with van der Waals surface area (Å²) in [4.78, 5) is 3.98. The van der Waals surface area contributed by atoms with Crippen LogP contribution in [0, 0.1) is 0 Å². The van der Waals surface area contributed by atoms with Gasteiger partial charge in [0, 0.05) is 6.20 Å². The van der Waals surface area contributed by atoms with Crippen molar-refractivity contribution in [1.29, 1.82) is 0 Å². The molecular formula is C9H11NO. The zero-order valence-corrected chi connectivity index (χ0v) is 6.27. The minimum absolute atomic E-state index is 0.750. The molecule has 1 N–H and O–H groups in total. The first-order valence-corrected chi connectivity index (χ1v) is 3.13. The second-order valence-electron chi connectivity index (χ2n) is 1.64. The average Bonchev–Trinajstić information content (AvgIpc) is 2.08. The highest BCUT2D eigenvalue weighted by Gasteiger charge is 1.77. The van der Waals surface area contributed by atoms with E-state index in [1.807, 2.05) is 18.2 Å². The Balaban J connectivity index is 0.000000292. The SMILES string of the molecule is C=CO.C=Cc1ccccn1. The lowest BCUT2D eigenvalue weighted by atomic mass is 10.4. The smallest absolute Gasteiger partial charge is 0.0719 e. The molecule has 2 nitrogen and oxygen atoms in total. The Hall–Kier alpha value is -1.57. The highest BCUT2D eigenvalue weighted by molar-refractivity contribution is 5.40. The first kappa shape index (κ1) is 9.43. The van der Waals surface area contributed by atoms with Gasteiger partial charge in [0.15, 0.2) is 0 Å². The van der Waals surface area contributed by atoms with E-state index in [0.717, 1.165) is 12.0 Å². The third-order valence-electron chi connectivity index (χ3n) is 0.897. The number of nitrogens with zero attached hydrogens (tertiary/aromatic N) is 1. The molecule has 0 aliphatic heterocycles. The van der Waals surface area contributed by atoms with Gasteiger partial charge in [0.2, 0.25) is 0 Å². The molecule has 0 unspecified atom stereocenters. The van der Waals surface area contributed by atoms with E-state index in [9.17, 15) is 0 Å². The van der Waals surface area contributed by atoms with Gasteiger partial charge in [-0.3, -0.25) is 4.98 Å². The Kier molecular flexibility index (Phi) is 5.61. The monoisotopic (exact) mass is 149 g/mol. The van der Waals surface area contributed by atoms with Crippen molar-refractivity contribution in [2.75, 3.05) is 0 Å². The first-order chi connectivity index (χ1) is 5.35. The molecule has 0 spiro atoms. The largest absolute Gasteiger partial charge is 0.516 e. The van der Waals surface area contributed by atoms with E-state index < -0.39 is 0 Å². The molecule has 11 heavy (non-hydrogen) atoms. The predicted octanol–water partition coefficient (Wildman–Crippen LogP) is 2.41. The van der Waals surface area contributed by atoms with E-state index in [4.69, 9.17) is 5.11 Å². The topological polar surface area (TPSA) is 33.1 Å². The first-order valence-electron chi connectivity index (χ1n) is 3.13. The molecule has 0 bridgehead atoms. The number of hydrogen-bond donors (Lipinski definition) is 1. The van der Waals surface area contributed by atoms with Crippen LogP contribution in [0.2, 0.25) is 0 Å². The summed E-state index contributed by atoms with van der Waals surface area (Å²) in [6.45, 7) is 6.49. The molecule has 0 amide bonds. The molecule has 1 aromatic rings. The number of pyridine rings is 1. The highest BCUT2D eigenvalue weighted by atomic mass is 16.2. The van der Waals surface area contributed by atoms with Crippen LogP contribution < -0.4 is 0 Å². The summed E-state index contributed by atoms with van der Waals surface area (Å²) >= 11 is 0. The van der Waals surface area contributed by atoms with E-state index in [-0.39, 0.29) is 0 Å². The van der Waals surface area contributed by atoms with Gasteiger partial charge in [0.25, 0.3) is 0 Å². The predicted molar refractivity (Wildman–Crippen MR) is 47.2 cm³/mol. The van der Waals surface area contributed by atoms with E-state index in [2.05, 4.69) is 18.1 Å². The fraction of sp³-hybridized carbons (Fsp3) is 0. The molecular weight excluding hydrogens is 138 g/mol. The number of hydrogen-bond acceptors (Lipinski definition) is 2. The number of aromatic nitrogens is 1. The maximum atomic E-state index is 7.33. The van der Waals surface area contributed by atoms with Crippen LogP contribution in [0.4, 0.5) is 0 Å². The molecule has 0 saturated heterocycles. The lowest BCUT2D eigenvalue weighted by molar-refractivity contribution is 0.476. The molecule has 0 aliphatic rings. The summed E-state index contributed by atoms with van der Waals surface area (Å²) in [5.41, 5.74) is 0.924. The van der Waals surface area contributed by atoms with E-state index in [1.54, 1.807) is 12.3 Å². The third-order valence-corrected chi connectivity index (χ3v) is 0.897. The molecule has 1 heterocycles. The molecule has 1 rings (SSSR count). The van der Waals surface area contributed by atoms with Gasteiger partial charge >= 0.3 is 0 Å². The summed E-state index contributed by atoms with van der Waals surface area (Å²) in [7, 11) is 0. The van der Waals surface area contributed by atoms with E-state index >= 15 is 0 Å². The van der Waals surface area contributed by atoms with Crippen molar-refractivity contribution in [3.8, 4) is 0 Å². The maximum Gasteiger partial charge on any atom is 0.0719 e. The standard InChI is InChI=1S/C7H7N.C2H4O/c1-2-7-5-3-4-6-8-7;1-2-3/h2-6H,1H2;2-3H,1H2. The second-order valence-corrected chi connectivity index (χ2v) is 1.64. The van der Waals surface area contributed by atoms with Crippen molar-refractivity contribution in [2.24, 2.45) is 0 Å². The van der Waals surface area contributed by atoms with Crippen LogP contribution in [-0.4, -0.2) is 10.1 Å². The van der Waals surface area contributed by atoms with Gasteiger partial charge in [0.1, 0.15) is 0 Å². The van der Waals surface area contributed by atoms with Crippen LogP contribution in [0.3, 0.4) is 0 Å². The van der Waals surface area contributed by atoms with Gasteiger partial charge < -0.3 is 5.11 Å². The number of rotatable bonds is 1. The zero-order chi connectivity index (χ0) is 8.53. The van der Waals surface area contributed by atoms with Crippen molar-refractivity contribution in [3.63, 3.8) is 0 Å². The van der Waals surface area contributed by atoms with Gasteiger partial charge in [0.05, 0.1) is 12.0 Å². The van der Waals surface area contributed by atoms with Crippen molar-refractivity contribution >= 4 is 6.08 Å². The van der Waals surface area contributed by atoms with Crippen LogP contribution >= 0.6 is 0 Å². The Morgan fingerprint density at radius 1 is 1.36 bits per heavy atom. The molecule has 2 heteroatoms. The van der Waals surface area contributed by atoms with Crippen molar-refractivity contribution in [1.82, 2.24) is 4.98 Å². The third kappa shape index (κ3) is 4.90. The van der Waals surface area contributed by atoms with Crippen LogP contribution in [-0.2, 0) is 0 Å². The molecule has 1 aromatic heterocycles. The van der Waals surface area contributed by atoms with Crippen LogP contribution in [0.25, 0.3) is 6.08 Å². The summed E-state index contributed by atoms with van der Waals surface area (Å²) < 4.78 is 0. The Morgan fingerprint density at radius 3 is 2.27 bits per heavy atom. The lowest BCUT2D eigenvalue weighted by Crippen LogP contribution is -1.73. The average molecular weight is 149 g/mol. The highest BCUT2D eigenvalue weighted by Crippen LogP contribution is 1.91. The summed E-state index contributed by atoms with van der Waals surface area (Å²) in [6.07, 6.45) is 4.22. The minimum atomic E-state index is 0.750. The fourth-order valence-corrected chi connectivity index (χ4v) is 0.497. The summed E-state index contributed by atoms with van der Waals surface area (Å²) in [6, 6.07) is 5.73. The molecule has 58 valence electrons. The molecule has 0 atom stereocenters. The molecule has 0 radical (unpaired) electrons. The molecule has 0 fully saturated rings. The van der Waals surface area contributed by atoms with Crippen LogP contribution in [0.1, 0.15) is 5.69 Å². The quantitative estimate of drug-likeness (QED) is 0.622. The van der Waals surface area contributed by atoms with Crippen molar-refractivity contribution in [2.45, 2.75) is 0 Å². The van der Waals surface area contributed by atoms with Gasteiger partial charge in [-0.2, -0.15) is 0 Å². The fourth-order valence-electron chi connectivity index (χ4n) is 0.497. The van der Waals surface area contributed by atoms with Gasteiger partial charge in [-0.25, -0.2) is 0 Å². The summed E-state index contributed by atoms with van der Waals surface area (Å²) in [5.74, 6) is 0. The van der Waals surface area contributed by atoms with Gasteiger partial charge in [-0.1, -0.05) is 19.2 Å². The van der Waals surface area contributed by atoms with E-state index in [0.29, 0.717) is 0 Å². The second kappa shape index (κ2) is 6.55. The lowest BCUT2D eigenvalue weighted by Gasteiger charge is -1.84. The molecule has 0 aromatic carbocycles. The molecule has 0 saturated carbocycles. The maximum absolute atomic E-state index is 7.33. The van der Waals surface area contributed by atoms with Crippen molar-refractivity contribution < 1.29 is 5.11 Å². The van der Waals surface area contributed by atoms with Gasteiger partial charge in [-0.05, 0) is 18.2 Å². The Bertz CT molecular complexity index is 206. The molecule has 0 aliphatic carbocycles. The Labute approximate surface area is 66.5 Å². The number of aliphatic hydroxyl groups is 1. The Morgan fingerprint density at radius 2 is 2.00 bits per heavy atom. The van der Waals surface area contributed by atoms with Gasteiger partial charge in [-0.15, -0.1) is 0 Å². The van der Waals surface area contributed by atoms with Crippen LogP contribution in [0.5, 0.6) is 0 Å². The summed E-state index contributed by atoms with van der Waals surface area (Å²) in [5, 5.41) is 7.33. The minimum Gasteiger partial charge on any atom is -0.516 e. The van der Waals surface area contributed by atoms with Crippen molar-refractivity contribution in [3.05, 3.63) is 49.5 Å². The normalized spacial score (nSPS) is 7.27. The van der Waals surface area contributed by atoms with Crippen LogP contribution in [0.15, 0.2) is 43.8 Å². The van der Waals surface area contributed by atoms with E-state index in [1.165, 1.54) is 0 Å². The number of aliphatic hydroxyl groups excluding tert-OH is 1. The zero-order valence-electron chi connectivity index (χ0n) is 6.27.